The smallest absolute Gasteiger partial charge is 0.324 e. The Balaban J connectivity index is 2.19. The lowest BCUT2D eigenvalue weighted by Gasteiger charge is -2.23. The number of unbranched alkanes of at least 4 members (excludes halogenated alkanes) is 5. The maximum absolute atomic E-state index is 12.5. The number of nitrogens with zero attached hydrogens (tertiary/aromatic N) is 2. The number of hydrogen-bond acceptors (Lipinski definition) is 3. The molecule has 0 bridgehead atoms. The monoisotopic (exact) mass is 421 g/mol. The van der Waals surface area contributed by atoms with Crippen molar-refractivity contribution in [3.63, 3.8) is 0 Å². The summed E-state index contributed by atoms with van der Waals surface area (Å²) in [6.45, 7) is 7.31. The molecule has 30 heavy (non-hydrogen) atoms. The molecule has 1 saturated heterocycles. The van der Waals surface area contributed by atoms with Crippen LogP contribution in [0, 0.1) is 5.41 Å². The van der Waals surface area contributed by atoms with Gasteiger partial charge in [-0.2, -0.15) is 0 Å². The van der Waals surface area contributed by atoms with Crippen LogP contribution in [0.2, 0.25) is 0 Å². The third-order valence-electron chi connectivity index (χ3n) is 5.22. The molecule has 0 aliphatic carbocycles. The van der Waals surface area contributed by atoms with Gasteiger partial charge in [0, 0.05) is 32.7 Å². The largest absolute Gasteiger partial charge is 0.370 e. The molecule has 1 aliphatic rings. The van der Waals surface area contributed by atoms with E-state index in [1.54, 1.807) is 6.08 Å². The van der Waals surface area contributed by atoms with Crippen LogP contribution >= 0.6 is 0 Å². The van der Waals surface area contributed by atoms with Crippen molar-refractivity contribution in [1.29, 1.82) is 5.41 Å². The van der Waals surface area contributed by atoms with Crippen molar-refractivity contribution in [2.24, 2.45) is 10.7 Å². The first kappa shape index (κ1) is 25.8. The van der Waals surface area contributed by atoms with Gasteiger partial charge in [0.25, 0.3) is 0 Å². The van der Waals surface area contributed by atoms with Crippen molar-refractivity contribution in [2.45, 2.75) is 77.0 Å². The summed E-state index contributed by atoms with van der Waals surface area (Å²) in [5.41, 5.74) is 5.73. The number of carbonyl (C=O) groups excluding carboxylic acids is 1. The minimum absolute atomic E-state index is 0.118. The molecule has 1 fully saturated rings. The van der Waals surface area contributed by atoms with E-state index in [0.717, 1.165) is 64.7 Å². The number of nitrogens with one attached hydrogen (secondary N) is 4. The first-order chi connectivity index (χ1) is 14.6. The number of aliphatic imine (C=N–C) groups is 1. The van der Waals surface area contributed by atoms with Crippen LogP contribution in [0.25, 0.3) is 0 Å². The van der Waals surface area contributed by atoms with E-state index in [9.17, 15) is 4.79 Å². The highest BCUT2D eigenvalue weighted by Gasteiger charge is 2.14. The lowest BCUT2D eigenvalue weighted by Crippen LogP contribution is -2.48. The predicted octanol–water partition coefficient (Wildman–Crippen LogP) is 3.31. The first-order valence-electron chi connectivity index (χ1n) is 11.7. The molecule has 172 valence electrons. The van der Waals surface area contributed by atoms with Crippen molar-refractivity contribution in [2.75, 3.05) is 32.7 Å². The molecule has 0 aromatic carbocycles. The Morgan fingerprint density at radius 1 is 1.10 bits per heavy atom. The molecule has 1 rings (SSSR count). The van der Waals surface area contributed by atoms with E-state index in [1.807, 2.05) is 4.90 Å². The van der Waals surface area contributed by atoms with Crippen LogP contribution in [0.3, 0.4) is 0 Å². The van der Waals surface area contributed by atoms with Crippen LogP contribution < -0.4 is 21.7 Å². The number of hydrogen-bond donors (Lipinski definition) is 5. The fourth-order valence-corrected chi connectivity index (χ4v) is 3.45. The number of guanidine groups is 2. The molecule has 0 aromatic rings. The highest BCUT2D eigenvalue weighted by atomic mass is 16.2. The van der Waals surface area contributed by atoms with Crippen LogP contribution in [0.15, 0.2) is 17.6 Å². The summed E-state index contributed by atoms with van der Waals surface area (Å²) in [4.78, 5) is 18.6. The Labute approximate surface area is 182 Å². The second kappa shape index (κ2) is 17.6. The van der Waals surface area contributed by atoms with Crippen molar-refractivity contribution < 1.29 is 4.79 Å². The molecule has 0 saturated carbocycles. The summed E-state index contributed by atoms with van der Waals surface area (Å²) >= 11 is 0. The lowest BCUT2D eigenvalue weighted by molar-refractivity contribution is 0.200. The van der Waals surface area contributed by atoms with Crippen molar-refractivity contribution in [1.82, 2.24) is 20.9 Å². The summed E-state index contributed by atoms with van der Waals surface area (Å²) in [5.74, 6) is 0.602. The second-order valence-corrected chi connectivity index (χ2v) is 7.90. The Hall–Kier alpha value is -2.25. The number of nitrogens with two attached hydrogens (primary N) is 1. The molecule has 0 spiro atoms. The fraction of sp³-hybridized carbons (Fsp3) is 0.773. The Morgan fingerprint density at radius 3 is 2.53 bits per heavy atom. The van der Waals surface area contributed by atoms with Gasteiger partial charge in [-0.1, -0.05) is 57.4 Å². The molecular weight excluding hydrogens is 378 g/mol. The third kappa shape index (κ3) is 13.8. The van der Waals surface area contributed by atoms with Gasteiger partial charge in [0.05, 0.1) is 0 Å². The molecule has 0 radical (unpaired) electrons. The van der Waals surface area contributed by atoms with Gasteiger partial charge in [0.15, 0.2) is 11.9 Å². The van der Waals surface area contributed by atoms with E-state index in [2.05, 4.69) is 27.5 Å². The van der Waals surface area contributed by atoms with Crippen molar-refractivity contribution in [3.05, 3.63) is 12.7 Å². The predicted molar refractivity (Wildman–Crippen MR) is 126 cm³/mol. The molecule has 1 aliphatic heterocycles. The SMILES string of the molecule is C=CCNC(N)=NCCCCCCCCN1CCCCCCCCNC(=N)NC1=O. The van der Waals surface area contributed by atoms with Gasteiger partial charge in [-0.3, -0.25) is 15.7 Å². The van der Waals surface area contributed by atoms with Gasteiger partial charge in [-0.05, 0) is 25.7 Å². The number of amides is 2. The zero-order valence-electron chi connectivity index (χ0n) is 18.7. The molecule has 0 aromatic heterocycles. The summed E-state index contributed by atoms with van der Waals surface area (Å²) in [7, 11) is 0. The van der Waals surface area contributed by atoms with E-state index >= 15 is 0 Å². The van der Waals surface area contributed by atoms with Gasteiger partial charge >= 0.3 is 6.03 Å². The van der Waals surface area contributed by atoms with Gasteiger partial charge in [-0.25, -0.2) is 4.79 Å². The average molecular weight is 422 g/mol. The standard InChI is InChI=1S/C22H43N7O/c1-2-15-25-20(23)26-16-11-7-3-5-9-13-18-29-19-14-10-6-4-8-12-17-27-21(24)28-22(29)30/h2H,1,3-19H2,(H3,23,25,26)(H3,24,27,28,30). The van der Waals surface area contributed by atoms with Crippen LogP contribution in [-0.2, 0) is 0 Å². The van der Waals surface area contributed by atoms with Crippen molar-refractivity contribution >= 4 is 18.0 Å². The molecule has 1 heterocycles. The summed E-state index contributed by atoms with van der Waals surface area (Å²) in [6, 6.07) is -0.146. The van der Waals surface area contributed by atoms with Crippen LogP contribution in [0.5, 0.6) is 0 Å². The molecule has 6 N–H and O–H groups in total. The molecule has 8 nitrogen and oxygen atoms in total. The molecule has 2 amide bonds. The Morgan fingerprint density at radius 2 is 1.77 bits per heavy atom. The minimum atomic E-state index is -0.146. The second-order valence-electron chi connectivity index (χ2n) is 7.90. The van der Waals surface area contributed by atoms with E-state index in [0.29, 0.717) is 12.5 Å². The third-order valence-corrected chi connectivity index (χ3v) is 5.22. The molecule has 8 heteroatoms. The van der Waals surface area contributed by atoms with Gasteiger partial charge in [0.2, 0.25) is 0 Å². The Bertz CT molecular complexity index is 522. The lowest BCUT2D eigenvalue weighted by atomic mass is 10.1. The van der Waals surface area contributed by atoms with E-state index in [1.165, 1.54) is 38.5 Å². The van der Waals surface area contributed by atoms with Gasteiger partial charge in [-0.15, -0.1) is 6.58 Å². The van der Waals surface area contributed by atoms with E-state index < -0.39 is 0 Å². The van der Waals surface area contributed by atoms with E-state index in [4.69, 9.17) is 11.1 Å². The maximum Gasteiger partial charge on any atom is 0.324 e. The van der Waals surface area contributed by atoms with Crippen LogP contribution in [-0.4, -0.2) is 55.6 Å². The van der Waals surface area contributed by atoms with Gasteiger partial charge in [0.1, 0.15) is 0 Å². The van der Waals surface area contributed by atoms with Gasteiger partial charge < -0.3 is 21.3 Å². The summed E-state index contributed by atoms with van der Waals surface area (Å²) in [6.07, 6.45) is 15.3. The quantitative estimate of drug-likeness (QED) is 0.152. The molecule has 0 unspecified atom stereocenters. The highest BCUT2D eigenvalue weighted by Crippen LogP contribution is 2.10. The van der Waals surface area contributed by atoms with Crippen molar-refractivity contribution in [3.8, 4) is 0 Å². The normalized spacial score (nSPS) is 17.2. The molecular formula is C22H43N7O. The van der Waals surface area contributed by atoms with E-state index in [-0.39, 0.29) is 12.0 Å². The number of carbonyl (C=O) groups is 1. The Kier molecular flexibility index (Phi) is 15.1. The summed E-state index contributed by atoms with van der Waals surface area (Å²) in [5, 5.41) is 16.5. The summed E-state index contributed by atoms with van der Waals surface area (Å²) < 4.78 is 0. The van der Waals surface area contributed by atoms with Crippen LogP contribution in [0.1, 0.15) is 77.0 Å². The zero-order chi connectivity index (χ0) is 21.9. The number of urea groups is 1. The first-order valence-corrected chi connectivity index (χ1v) is 11.7. The maximum atomic E-state index is 12.5. The average Bonchev–Trinajstić information content (AvgIpc) is 2.74. The minimum Gasteiger partial charge on any atom is -0.370 e. The fourth-order valence-electron chi connectivity index (χ4n) is 3.45. The topological polar surface area (TPSA) is 119 Å². The van der Waals surface area contributed by atoms with Crippen LogP contribution in [0.4, 0.5) is 4.79 Å². The zero-order valence-corrected chi connectivity index (χ0v) is 18.7. The number of rotatable bonds is 11. The molecule has 0 atom stereocenters. The highest BCUT2D eigenvalue weighted by molar-refractivity contribution is 5.94.